The van der Waals surface area contributed by atoms with Gasteiger partial charge in [-0.25, -0.2) is 0 Å². The van der Waals surface area contributed by atoms with Gasteiger partial charge in [-0.3, -0.25) is 28.8 Å². The molecule has 6 aliphatic rings. The zero-order valence-corrected chi connectivity index (χ0v) is 53.6. The number of ketones is 3. The molecule has 2 aliphatic carbocycles. The van der Waals surface area contributed by atoms with E-state index in [-0.39, 0.29) is 64.0 Å². The first-order chi connectivity index (χ1) is 45.1. The number of aliphatic carboxylic acids is 1. The summed E-state index contributed by atoms with van der Waals surface area (Å²) in [6.07, 6.45) is -37.1. The van der Waals surface area contributed by atoms with E-state index in [0.29, 0.717) is 5.56 Å². The number of benzene rings is 3. The first kappa shape index (κ1) is 75.9. The number of carbonyl (C=O) groups is 7. The largest absolute Gasteiger partial charge is 1.00 e. The second kappa shape index (κ2) is 32.4. The first-order valence-electron chi connectivity index (χ1n) is 29.9. The number of hydrogen-bond acceptors (Lipinski definition) is 32. The fourth-order valence-corrected chi connectivity index (χ4v) is 12.3. The summed E-state index contributed by atoms with van der Waals surface area (Å²) in [6, 6.07) is 9.58. The van der Waals surface area contributed by atoms with Gasteiger partial charge >= 0.3 is 29.6 Å². The molecule has 0 radical (unpaired) electrons. The summed E-state index contributed by atoms with van der Waals surface area (Å²) in [5.41, 5.74) is -4.37. The van der Waals surface area contributed by atoms with Crippen LogP contribution in [0.4, 0.5) is 0 Å². The molecule has 0 aromatic heterocycles. The van der Waals surface area contributed by atoms with E-state index in [2.05, 4.69) is 16.0 Å². The number of hydrogen-bond donors (Lipinski definition) is 17. The number of rotatable bonds is 25. The number of fused-ring (bicyclic) bond motifs is 3. The van der Waals surface area contributed by atoms with Crippen LogP contribution in [-0.2, 0) is 79.4 Å². The Hall–Kier alpha value is -5.89. The molecule has 9 rings (SSSR count). The predicted molar refractivity (Wildman–Crippen MR) is 305 cm³/mol. The van der Waals surface area contributed by atoms with Crippen molar-refractivity contribution in [2.45, 2.75) is 167 Å². The number of phenols is 2. The monoisotopic (exact) mass is 1370 g/mol. The van der Waals surface area contributed by atoms with E-state index in [4.69, 9.17) is 47.4 Å². The summed E-state index contributed by atoms with van der Waals surface area (Å²) in [7, 11) is 1.25. The molecular formula is C60H74N3NaO32. The minimum atomic E-state index is -2.50. The molecule has 96 heavy (non-hydrogen) atoms. The Kier molecular flexibility index (Phi) is 25.6. The third-order valence-corrected chi connectivity index (χ3v) is 17.2. The van der Waals surface area contributed by atoms with Crippen molar-refractivity contribution in [1.82, 2.24) is 16.0 Å². The molecule has 3 amide bonds. The van der Waals surface area contributed by atoms with Crippen molar-refractivity contribution in [3.05, 3.63) is 87.5 Å². The van der Waals surface area contributed by atoms with Crippen LogP contribution in [0.5, 0.6) is 17.2 Å². The van der Waals surface area contributed by atoms with E-state index in [1.165, 1.54) is 32.2 Å². The third kappa shape index (κ3) is 16.2. The zero-order valence-electron chi connectivity index (χ0n) is 51.6. The van der Waals surface area contributed by atoms with Crippen molar-refractivity contribution in [3.8, 4) is 17.2 Å². The molecule has 3 aromatic rings. The number of nitrogens with one attached hydrogen (secondary N) is 3. The van der Waals surface area contributed by atoms with Gasteiger partial charge in [-0.1, -0.05) is 42.5 Å². The van der Waals surface area contributed by atoms with Gasteiger partial charge in [0, 0.05) is 42.4 Å². The standard InChI is InChI=1S/C60H75N3O32.Na/c1-22-42(71)26(12-37(89-22)90-29-14-60(85,33(66)17-65)13-25-39(29)47(76)41-40(44(25)73)43(72)24-9-6-10-28(86-2)38(24)46(41)75)62-34(67)15-61-56(83)27(11-23-7-4-3-5-8-23)63-35(68)20-87-19-32-55(95-58-52(81)48(77)45(74)30(16-64)92-58)50(79)53(82)59(93-32)94-54-31(18-88-21-36(69)70)91-57(84)51(80)49(54)78;/h3-10,22,26-27,29-32,37,42,45,48-55,57-59,64-65,71,73-74,76-82,84-85H,11-21H2,1-2H3,(H,61,83)(H,62,67)(H,63,68)(H,69,70);/q;+1/p-1/t22-,26-,27-,29+,30+,31+,32+,37-,42+,45+,48-,49+,50+,51+,52+,53+,54-,55-,57-,58+,59+,60-;/m0./s1. The van der Waals surface area contributed by atoms with Crippen LogP contribution in [-0.4, -0.2) is 294 Å². The molecular weight excluding hydrogens is 1300 g/mol. The number of aliphatic hydroxyl groups is 12. The number of ether oxygens (including phenoxy) is 10. The van der Waals surface area contributed by atoms with E-state index in [1.807, 2.05) is 0 Å². The molecule has 522 valence electrons. The fraction of sp³-hybridized carbons (Fsp3) is 0.583. The van der Waals surface area contributed by atoms with Crippen LogP contribution in [0.3, 0.4) is 0 Å². The number of aromatic hydroxyl groups is 2. The van der Waals surface area contributed by atoms with Gasteiger partial charge in [-0.05, 0) is 18.6 Å². The molecule has 0 unspecified atom stereocenters. The molecule has 4 fully saturated rings. The van der Waals surface area contributed by atoms with Crippen molar-refractivity contribution in [3.63, 3.8) is 0 Å². The van der Waals surface area contributed by atoms with Crippen LogP contribution in [0, 0.1) is 0 Å². The fourth-order valence-electron chi connectivity index (χ4n) is 12.3. The molecule has 4 aliphatic heterocycles. The van der Waals surface area contributed by atoms with Crippen molar-refractivity contribution >= 4 is 41.0 Å². The van der Waals surface area contributed by atoms with Gasteiger partial charge in [0.2, 0.25) is 23.5 Å². The Bertz CT molecular complexity index is 3290. The van der Waals surface area contributed by atoms with E-state index >= 15 is 0 Å². The van der Waals surface area contributed by atoms with Gasteiger partial charge in [0.15, 0.2) is 36.7 Å². The number of phenolic OH excluding ortho intramolecular Hbond substituents is 2. The minimum Gasteiger partial charge on any atom is -0.548 e. The van der Waals surface area contributed by atoms with E-state index in [0.717, 1.165) is 0 Å². The summed E-state index contributed by atoms with van der Waals surface area (Å²) < 4.78 is 56.3. The van der Waals surface area contributed by atoms with Gasteiger partial charge in [0.1, 0.15) is 121 Å². The number of carboxylic acid groups (broad SMARTS) is 1. The summed E-state index contributed by atoms with van der Waals surface area (Å²) in [6.45, 7) is -5.01. The first-order valence-corrected chi connectivity index (χ1v) is 29.9. The number of carbonyl (C=O) groups excluding carboxylic acids is 7. The van der Waals surface area contributed by atoms with Gasteiger partial charge < -0.3 is 145 Å². The summed E-state index contributed by atoms with van der Waals surface area (Å²) >= 11 is 0. The second-order valence-electron chi connectivity index (χ2n) is 23.6. The molecule has 17 N–H and O–H groups in total. The molecule has 0 bridgehead atoms. The smallest absolute Gasteiger partial charge is 0.548 e. The maximum Gasteiger partial charge on any atom is 1.00 e. The Morgan fingerprint density at radius 2 is 1.30 bits per heavy atom. The maximum atomic E-state index is 14.2. The predicted octanol–water partition coefficient (Wildman–Crippen LogP) is -11.8. The van der Waals surface area contributed by atoms with E-state index in [9.17, 15) is 110 Å². The Labute approximate surface area is 566 Å². The number of Topliss-reactive ketones (excluding diaryl/α,β-unsaturated/α-hetero) is 1. The number of methoxy groups -OCH3 is 1. The van der Waals surface area contributed by atoms with Crippen LogP contribution >= 0.6 is 0 Å². The normalized spacial score (nSPS) is 33.6. The van der Waals surface area contributed by atoms with E-state index < -0.39 is 264 Å². The summed E-state index contributed by atoms with van der Waals surface area (Å²) in [5, 5.41) is 171. The Balaban J connectivity index is 0.0000118. The van der Waals surface area contributed by atoms with Crippen LogP contribution in [0.1, 0.15) is 74.4 Å². The van der Waals surface area contributed by atoms with Gasteiger partial charge in [0.25, 0.3) is 0 Å². The average Bonchev–Trinajstić information content (AvgIpc) is 0.708. The molecule has 35 nitrogen and oxygen atoms in total. The van der Waals surface area contributed by atoms with Crippen LogP contribution in [0.2, 0.25) is 0 Å². The maximum absolute atomic E-state index is 14.2. The molecule has 4 heterocycles. The zero-order chi connectivity index (χ0) is 69.1. The van der Waals surface area contributed by atoms with Gasteiger partial charge in [-0.2, -0.15) is 0 Å². The van der Waals surface area contributed by atoms with Gasteiger partial charge in [-0.15, -0.1) is 0 Å². The number of carboxylic acids is 1. The topological polar surface area (TPSA) is 554 Å². The molecule has 22 atom stereocenters. The summed E-state index contributed by atoms with van der Waals surface area (Å²) in [5.74, 6) is -9.24. The second-order valence-corrected chi connectivity index (χ2v) is 23.6. The van der Waals surface area contributed by atoms with Crippen LogP contribution in [0.25, 0.3) is 0 Å². The Morgan fingerprint density at radius 3 is 1.94 bits per heavy atom. The van der Waals surface area contributed by atoms with Crippen molar-refractivity contribution in [2.75, 3.05) is 53.3 Å². The van der Waals surface area contributed by atoms with Gasteiger partial charge in [0.05, 0.1) is 81.0 Å². The quantitative estimate of drug-likeness (QED) is 0.0216. The SMILES string of the molecule is COc1cccc2c1C(=O)c1c(O)c3c(c(O)c1C2=O)C[C@@](O)(C(=O)CO)C[C@H]3O[C@H]1C[C@H](NC(=O)CNC(=O)[C@H](Cc2ccccc2)NC(=O)COC[C@H]2O[C@H](O[C@@H]3[C@H](O)[C@@H](O)[C@@H](O)O[C@@H]3COCC(=O)[O-])[C@H](O)[C@@H](O)[C@H]2O[C@H]2O[C@H](CO)[C@@H](O)[C@H](O)[C@H]2O)[C@H](O)[C@H](C)O1.[Na+]. The third-order valence-electron chi connectivity index (χ3n) is 17.2. The number of amides is 3. The summed E-state index contributed by atoms with van der Waals surface area (Å²) in [4.78, 5) is 93.9. The molecule has 0 spiro atoms. The number of aliphatic hydroxyl groups excluding tert-OH is 11. The molecule has 3 aromatic carbocycles. The van der Waals surface area contributed by atoms with Crippen LogP contribution < -0.4 is 55.4 Å². The average molecular weight is 1370 g/mol. The molecule has 0 saturated carbocycles. The van der Waals surface area contributed by atoms with Crippen molar-refractivity contribution in [2.24, 2.45) is 0 Å². The van der Waals surface area contributed by atoms with E-state index in [1.54, 1.807) is 30.3 Å². The minimum absolute atomic E-state index is 0. The van der Waals surface area contributed by atoms with Crippen molar-refractivity contribution < 1.29 is 187 Å². The Morgan fingerprint density at radius 1 is 0.688 bits per heavy atom. The molecule has 4 saturated heterocycles. The van der Waals surface area contributed by atoms with Crippen molar-refractivity contribution in [1.29, 1.82) is 0 Å². The molecule has 36 heteroatoms. The van der Waals surface area contributed by atoms with Crippen LogP contribution in [0.15, 0.2) is 48.5 Å².